The van der Waals surface area contributed by atoms with Crippen molar-refractivity contribution in [2.75, 3.05) is 7.05 Å². The van der Waals surface area contributed by atoms with Crippen LogP contribution in [0.25, 0.3) is 0 Å². The van der Waals surface area contributed by atoms with Crippen molar-refractivity contribution in [2.45, 2.75) is 123 Å². The first-order valence-corrected chi connectivity index (χ1v) is 14.0. The van der Waals surface area contributed by atoms with Crippen molar-refractivity contribution in [2.24, 2.45) is 28.1 Å². The van der Waals surface area contributed by atoms with Crippen molar-refractivity contribution < 1.29 is 9.47 Å². The zero-order chi connectivity index (χ0) is 25.1. The fourth-order valence-electron chi connectivity index (χ4n) is 7.08. The Bertz CT molecular complexity index is 825. The van der Waals surface area contributed by atoms with Gasteiger partial charge in [0.05, 0.1) is 11.6 Å². The molecule has 0 bridgehead atoms. The number of hydrogen-bond donors (Lipinski definition) is 2. The van der Waals surface area contributed by atoms with Crippen molar-refractivity contribution in [1.29, 1.82) is 0 Å². The number of alkyl halides is 1. The molecule has 3 fully saturated rings. The van der Waals surface area contributed by atoms with E-state index in [2.05, 4.69) is 78.2 Å². The highest BCUT2D eigenvalue weighted by Gasteiger charge is 2.74. The summed E-state index contributed by atoms with van der Waals surface area (Å²) >= 11 is 6.44. The number of fused-ring (bicyclic) bond motifs is 3. The van der Waals surface area contributed by atoms with E-state index in [1.54, 1.807) is 0 Å². The molecule has 8 unspecified atom stereocenters. The Morgan fingerprint density at radius 3 is 2.47 bits per heavy atom. The highest BCUT2D eigenvalue weighted by Crippen LogP contribution is 2.72. The second kappa shape index (κ2) is 9.08. The van der Waals surface area contributed by atoms with Gasteiger partial charge in [0.15, 0.2) is 0 Å². The van der Waals surface area contributed by atoms with E-state index in [1.165, 1.54) is 31.3 Å². The van der Waals surface area contributed by atoms with Crippen LogP contribution in [0.3, 0.4) is 0 Å². The zero-order valence-corrected chi connectivity index (χ0v) is 23.8. The lowest BCUT2D eigenvalue weighted by Crippen LogP contribution is -2.56. The van der Waals surface area contributed by atoms with Gasteiger partial charge in [-0.15, -0.1) is 11.6 Å². The summed E-state index contributed by atoms with van der Waals surface area (Å²) in [6.07, 6.45) is 11.7. The number of rotatable bonds is 5. The predicted molar refractivity (Wildman–Crippen MR) is 142 cm³/mol. The van der Waals surface area contributed by atoms with Gasteiger partial charge in [-0.05, 0) is 74.6 Å². The van der Waals surface area contributed by atoms with Crippen LogP contribution in [0.15, 0.2) is 23.5 Å². The summed E-state index contributed by atoms with van der Waals surface area (Å²) in [6, 6.07) is 0.518. The molecule has 0 aromatic rings. The minimum atomic E-state index is -0.337. The highest BCUT2D eigenvalue weighted by atomic mass is 35.5. The molecule has 4 rings (SSSR count). The van der Waals surface area contributed by atoms with Crippen LogP contribution < -0.4 is 10.6 Å². The standard InChI is InChI=1S/C29H49ClN2O2/c1-26(2,3)22-17-23(27(4,5)6)34-25(33-22)16-21-28(7)19-13-11-10-12-18(19)20(32-29(21,28)8)14-15-24(30)31-9/h16-20,22,24-25,31-32H,10-15H2,1-9H3/b21-16-. The van der Waals surface area contributed by atoms with Crippen LogP contribution in [0.2, 0.25) is 0 Å². The summed E-state index contributed by atoms with van der Waals surface area (Å²) in [5.74, 6) is 2.48. The Labute approximate surface area is 213 Å². The summed E-state index contributed by atoms with van der Waals surface area (Å²) in [5.41, 5.74) is 1.68. The third-order valence-corrected chi connectivity index (χ3v) is 9.83. The molecular weight excluding hydrogens is 444 g/mol. The fourth-order valence-corrected chi connectivity index (χ4v) is 7.21. The van der Waals surface area contributed by atoms with Crippen LogP contribution in [0.1, 0.15) is 93.9 Å². The van der Waals surface area contributed by atoms with Crippen molar-refractivity contribution in [3.8, 4) is 0 Å². The second-order valence-corrected chi connectivity index (χ2v) is 14.3. The molecule has 4 aliphatic rings. The molecule has 8 atom stereocenters. The smallest absolute Gasteiger partial charge is 0.220 e. The maximum atomic E-state index is 6.55. The molecule has 2 aliphatic heterocycles. The van der Waals surface area contributed by atoms with Crippen LogP contribution in [0.4, 0.5) is 0 Å². The van der Waals surface area contributed by atoms with Gasteiger partial charge in [0, 0.05) is 22.4 Å². The van der Waals surface area contributed by atoms with Crippen molar-refractivity contribution in [3.63, 3.8) is 0 Å². The number of allylic oxidation sites excluding steroid dienone is 1. The molecule has 2 aliphatic carbocycles. The topological polar surface area (TPSA) is 42.5 Å². The van der Waals surface area contributed by atoms with Crippen LogP contribution in [-0.2, 0) is 9.47 Å². The minimum absolute atomic E-state index is 0.00460. The predicted octanol–water partition coefficient (Wildman–Crippen LogP) is 6.75. The molecule has 4 nitrogen and oxygen atoms in total. The summed E-state index contributed by atoms with van der Waals surface area (Å²) < 4.78 is 13.0. The highest BCUT2D eigenvalue weighted by molar-refractivity contribution is 6.20. The van der Waals surface area contributed by atoms with E-state index < -0.39 is 0 Å². The van der Waals surface area contributed by atoms with Gasteiger partial charge >= 0.3 is 0 Å². The van der Waals surface area contributed by atoms with Crippen molar-refractivity contribution in [1.82, 2.24) is 10.6 Å². The molecular formula is C29H49ClN2O2. The lowest BCUT2D eigenvalue weighted by atomic mass is 9.64. The molecule has 0 aromatic carbocycles. The van der Waals surface area contributed by atoms with Crippen LogP contribution in [0.5, 0.6) is 0 Å². The number of hydrogen-bond acceptors (Lipinski definition) is 4. The van der Waals surface area contributed by atoms with E-state index >= 15 is 0 Å². The first-order chi connectivity index (χ1) is 15.7. The monoisotopic (exact) mass is 492 g/mol. The Kier molecular flexibility index (Phi) is 7.08. The number of ether oxygens (including phenoxy) is 2. The second-order valence-electron chi connectivity index (χ2n) is 13.7. The van der Waals surface area contributed by atoms with E-state index in [9.17, 15) is 0 Å². The molecule has 34 heavy (non-hydrogen) atoms. The van der Waals surface area contributed by atoms with E-state index in [0.29, 0.717) is 12.0 Å². The van der Waals surface area contributed by atoms with Crippen LogP contribution in [-0.4, -0.2) is 36.5 Å². The number of piperidine rings is 1. The van der Waals surface area contributed by atoms with Crippen molar-refractivity contribution >= 4 is 11.6 Å². The first kappa shape index (κ1) is 26.5. The van der Waals surface area contributed by atoms with E-state index in [-0.39, 0.29) is 39.7 Å². The first-order valence-electron chi connectivity index (χ1n) is 13.6. The Morgan fingerprint density at radius 1 is 1.18 bits per heavy atom. The average Bonchev–Trinajstić information content (AvgIpc) is 3.25. The molecule has 5 heteroatoms. The zero-order valence-electron chi connectivity index (χ0n) is 23.1. The van der Waals surface area contributed by atoms with Gasteiger partial charge in [-0.25, -0.2) is 0 Å². The van der Waals surface area contributed by atoms with Gasteiger partial charge in [0.2, 0.25) is 6.29 Å². The van der Waals surface area contributed by atoms with Gasteiger partial charge in [-0.3, -0.25) is 0 Å². The molecule has 1 saturated heterocycles. The third kappa shape index (κ3) is 4.62. The normalized spacial score (nSPS) is 42.4. The molecule has 2 saturated carbocycles. The number of halogens is 1. The largest absolute Gasteiger partial charge is 0.465 e. The van der Waals surface area contributed by atoms with Crippen LogP contribution >= 0.6 is 11.6 Å². The maximum absolute atomic E-state index is 6.55. The average molecular weight is 493 g/mol. The molecule has 0 spiro atoms. The summed E-state index contributed by atoms with van der Waals surface area (Å²) in [7, 11) is 1.95. The Hall–Kier alpha value is -0.550. The Morgan fingerprint density at radius 2 is 1.85 bits per heavy atom. The van der Waals surface area contributed by atoms with Gasteiger partial charge in [0.25, 0.3) is 0 Å². The van der Waals surface area contributed by atoms with Crippen molar-refractivity contribution in [3.05, 3.63) is 23.5 Å². The maximum Gasteiger partial charge on any atom is 0.220 e. The molecule has 2 heterocycles. The van der Waals surface area contributed by atoms with Gasteiger partial charge < -0.3 is 20.1 Å². The molecule has 0 amide bonds. The molecule has 0 aromatic heterocycles. The lowest BCUT2D eigenvalue weighted by molar-refractivity contribution is -0.160. The molecule has 194 valence electrons. The van der Waals surface area contributed by atoms with E-state index in [1.807, 2.05) is 7.05 Å². The van der Waals surface area contributed by atoms with E-state index in [4.69, 9.17) is 21.1 Å². The third-order valence-electron chi connectivity index (χ3n) is 9.39. The summed E-state index contributed by atoms with van der Waals surface area (Å²) in [5, 5.41) is 7.33. The van der Waals surface area contributed by atoms with Gasteiger partial charge in [-0.1, -0.05) is 61.3 Å². The number of nitrogens with one attached hydrogen (secondary N) is 2. The lowest BCUT2D eigenvalue weighted by Gasteiger charge is -2.48. The van der Waals surface area contributed by atoms with E-state index in [0.717, 1.165) is 24.5 Å². The SMILES string of the molecule is CNC(Cl)CCC1NC2(C)/C(=C\C3OC(C(C)(C)C)=CC(C(C)(C)C)O3)C2(C)C2CCCCC12. The van der Waals surface area contributed by atoms with Crippen LogP contribution in [0, 0.1) is 28.1 Å². The quantitative estimate of drug-likeness (QED) is 0.253. The molecule has 0 radical (unpaired) electrons. The van der Waals surface area contributed by atoms with Gasteiger partial charge in [-0.2, -0.15) is 0 Å². The minimum Gasteiger partial charge on any atom is -0.465 e. The van der Waals surface area contributed by atoms with Gasteiger partial charge in [0.1, 0.15) is 5.76 Å². The summed E-state index contributed by atoms with van der Waals surface area (Å²) in [6.45, 7) is 18.3. The molecule has 2 N–H and O–H groups in total. The Balaban J connectivity index is 1.61. The fraction of sp³-hybridized carbons (Fsp3) is 0.862. The summed E-state index contributed by atoms with van der Waals surface area (Å²) in [4.78, 5) is 0.